The van der Waals surface area contributed by atoms with Crippen LogP contribution in [-0.4, -0.2) is 78.4 Å². The maximum atomic E-state index is 10.6. The van der Waals surface area contributed by atoms with E-state index in [4.69, 9.17) is 4.55 Å². The Hall–Kier alpha value is 0.800. The van der Waals surface area contributed by atoms with Gasteiger partial charge in [0, 0.05) is 5.56 Å². The van der Waals surface area contributed by atoms with E-state index in [-0.39, 0.29) is 69.6 Å². The van der Waals surface area contributed by atoms with Crippen LogP contribution < -0.4 is 0 Å². The Labute approximate surface area is 126 Å². The van der Waals surface area contributed by atoms with E-state index < -0.39 is 10.1 Å². The topological polar surface area (TPSA) is 71.4 Å². The number of benzene rings is 1. The molecular weight excluding hydrogens is 226 g/mol. The van der Waals surface area contributed by atoms with Gasteiger partial charge in [-0.2, -0.15) is 8.42 Å². The molecule has 0 atom stereocenters. The van der Waals surface area contributed by atoms with Crippen LogP contribution in [0.15, 0.2) is 29.2 Å². The molecule has 1 rings (SSSR count). The van der Waals surface area contributed by atoms with E-state index in [9.17, 15) is 13.2 Å². The SMILES string of the molecule is O=Cc1ccccc1S(=O)(=O)O.[NaH].[NaH]. The molecule has 0 aliphatic carbocycles. The summed E-state index contributed by atoms with van der Waals surface area (Å²) >= 11 is 0. The van der Waals surface area contributed by atoms with Crippen LogP contribution in [-0.2, 0) is 10.1 Å². The molecule has 0 aliphatic rings. The van der Waals surface area contributed by atoms with E-state index in [1.165, 1.54) is 24.3 Å². The molecule has 0 spiro atoms. The van der Waals surface area contributed by atoms with Crippen LogP contribution in [0.4, 0.5) is 0 Å². The first-order valence-electron chi connectivity index (χ1n) is 3.07. The zero-order valence-electron chi connectivity index (χ0n) is 5.97. The molecule has 0 fully saturated rings. The Bertz CT molecular complexity index is 402. The summed E-state index contributed by atoms with van der Waals surface area (Å²) in [6, 6.07) is 5.42. The zero-order chi connectivity index (χ0) is 9.19. The van der Waals surface area contributed by atoms with Gasteiger partial charge in [-0.1, -0.05) is 18.2 Å². The third kappa shape index (κ3) is 4.55. The fraction of sp³-hybridized carbons (Fsp3) is 0. The second-order valence-corrected chi connectivity index (χ2v) is 3.52. The summed E-state index contributed by atoms with van der Waals surface area (Å²) in [6.07, 6.45) is 0.378. The predicted molar refractivity (Wildman–Crippen MR) is 55.9 cm³/mol. The van der Waals surface area contributed by atoms with Crippen molar-refractivity contribution in [2.45, 2.75) is 4.90 Å². The summed E-state index contributed by atoms with van der Waals surface area (Å²) in [5, 5.41) is 0. The molecule has 1 N–H and O–H groups in total. The summed E-state index contributed by atoms with van der Waals surface area (Å²) < 4.78 is 29.8. The van der Waals surface area contributed by atoms with Gasteiger partial charge in [0.05, 0.1) is 0 Å². The third-order valence-electron chi connectivity index (χ3n) is 1.32. The molecule has 68 valence electrons. The average molecular weight is 234 g/mol. The zero-order valence-corrected chi connectivity index (χ0v) is 6.78. The molecule has 0 unspecified atom stereocenters. The first-order valence-corrected chi connectivity index (χ1v) is 4.51. The summed E-state index contributed by atoms with van der Waals surface area (Å²) in [4.78, 5) is 9.94. The number of carbonyl (C=O) groups is 1. The monoisotopic (exact) mass is 234 g/mol. The summed E-state index contributed by atoms with van der Waals surface area (Å²) in [5.74, 6) is 0. The van der Waals surface area contributed by atoms with E-state index >= 15 is 0 Å². The van der Waals surface area contributed by atoms with Gasteiger partial charge in [0.25, 0.3) is 10.1 Å². The van der Waals surface area contributed by atoms with Gasteiger partial charge in [0.1, 0.15) is 4.90 Å². The molecule has 0 saturated heterocycles. The summed E-state index contributed by atoms with van der Waals surface area (Å²) in [5.41, 5.74) is -0.0417. The molecule has 0 radical (unpaired) electrons. The molecule has 1 aromatic carbocycles. The Morgan fingerprint density at radius 1 is 1.14 bits per heavy atom. The second kappa shape index (κ2) is 7.14. The molecule has 0 saturated carbocycles. The van der Waals surface area contributed by atoms with Gasteiger partial charge in [-0.3, -0.25) is 9.35 Å². The minimum atomic E-state index is -4.28. The van der Waals surface area contributed by atoms with Crippen molar-refractivity contribution in [3.8, 4) is 0 Å². The van der Waals surface area contributed by atoms with Crippen LogP contribution >= 0.6 is 0 Å². The quantitative estimate of drug-likeness (QED) is 0.423. The molecule has 7 heteroatoms. The molecule has 1 aromatic rings. The average Bonchev–Trinajstić information content (AvgIpc) is 2.03. The molecule has 0 heterocycles. The number of rotatable bonds is 2. The van der Waals surface area contributed by atoms with Gasteiger partial charge >= 0.3 is 59.1 Å². The van der Waals surface area contributed by atoms with Crippen LogP contribution in [0.5, 0.6) is 0 Å². The molecule has 0 bridgehead atoms. The third-order valence-corrected chi connectivity index (χ3v) is 2.25. The predicted octanol–water partition coefficient (Wildman–Crippen LogP) is -0.551. The van der Waals surface area contributed by atoms with Crippen molar-refractivity contribution in [2.24, 2.45) is 0 Å². The minimum absolute atomic E-state index is 0. The summed E-state index contributed by atoms with van der Waals surface area (Å²) in [6.45, 7) is 0. The van der Waals surface area contributed by atoms with E-state index in [0.717, 1.165) is 0 Å². The van der Waals surface area contributed by atoms with Crippen LogP contribution in [0.1, 0.15) is 10.4 Å². The molecule has 4 nitrogen and oxygen atoms in total. The molecule has 0 amide bonds. The van der Waals surface area contributed by atoms with Crippen molar-refractivity contribution < 1.29 is 17.8 Å². The van der Waals surface area contributed by atoms with Gasteiger partial charge in [-0.15, -0.1) is 0 Å². The van der Waals surface area contributed by atoms with E-state index in [1.807, 2.05) is 0 Å². The molecule has 0 aromatic heterocycles. The Morgan fingerprint density at radius 3 is 2.00 bits per heavy atom. The Kier molecular flexibility index (Phi) is 8.77. The Morgan fingerprint density at radius 2 is 1.64 bits per heavy atom. The van der Waals surface area contributed by atoms with Crippen molar-refractivity contribution in [3.63, 3.8) is 0 Å². The van der Waals surface area contributed by atoms with Gasteiger partial charge in [0.2, 0.25) is 0 Å². The van der Waals surface area contributed by atoms with Gasteiger partial charge in [-0.05, 0) is 6.07 Å². The second-order valence-electron chi connectivity index (χ2n) is 2.13. The molecule has 14 heavy (non-hydrogen) atoms. The maximum absolute atomic E-state index is 10.6. The van der Waals surface area contributed by atoms with Crippen LogP contribution in [0.3, 0.4) is 0 Å². The van der Waals surface area contributed by atoms with Crippen molar-refractivity contribution in [1.82, 2.24) is 0 Å². The van der Waals surface area contributed by atoms with Crippen LogP contribution in [0.25, 0.3) is 0 Å². The number of hydrogen-bond donors (Lipinski definition) is 1. The van der Waals surface area contributed by atoms with E-state index in [1.54, 1.807) is 0 Å². The number of carbonyl (C=O) groups excluding carboxylic acids is 1. The van der Waals surface area contributed by atoms with E-state index in [0.29, 0.717) is 6.29 Å². The normalized spacial score (nSPS) is 9.50. The van der Waals surface area contributed by atoms with E-state index in [2.05, 4.69) is 0 Å². The summed E-state index contributed by atoms with van der Waals surface area (Å²) in [7, 11) is -4.28. The van der Waals surface area contributed by atoms with Crippen molar-refractivity contribution in [3.05, 3.63) is 29.8 Å². The fourth-order valence-electron chi connectivity index (χ4n) is 0.813. The van der Waals surface area contributed by atoms with Gasteiger partial charge in [-0.25, -0.2) is 0 Å². The standard InChI is InChI=1S/C7H6O4S.2Na.2H/c8-5-6-3-1-2-4-7(6)12(9,10)11;;;;/h1-5H,(H,9,10,11);;;;. The van der Waals surface area contributed by atoms with Crippen molar-refractivity contribution in [2.75, 3.05) is 0 Å². The van der Waals surface area contributed by atoms with Crippen LogP contribution in [0.2, 0.25) is 0 Å². The fourth-order valence-corrected chi connectivity index (χ4v) is 1.48. The molecule has 0 aliphatic heterocycles. The van der Waals surface area contributed by atoms with Gasteiger partial charge < -0.3 is 0 Å². The van der Waals surface area contributed by atoms with Crippen molar-refractivity contribution >= 4 is 75.5 Å². The first-order chi connectivity index (χ1) is 5.55. The van der Waals surface area contributed by atoms with Crippen LogP contribution in [0, 0.1) is 0 Å². The molecular formula is C7H8Na2O4S. The van der Waals surface area contributed by atoms with Gasteiger partial charge in [0.15, 0.2) is 6.29 Å². The van der Waals surface area contributed by atoms with Crippen molar-refractivity contribution in [1.29, 1.82) is 0 Å². The Balaban J connectivity index is 0. The number of hydrogen-bond acceptors (Lipinski definition) is 3. The first kappa shape index (κ1) is 17.2. The number of aldehydes is 1.